The highest BCUT2D eigenvalue weighted by Crippen LogP contribution is 2.11. The third kappa shape index (κ3) is 7.53. The van der Waals surface area contributed by atoms with E-state index in [1.54, 1.807) is 51.1 Å². The number of amides is 3. The van der Waals surface area contributed by atoms with E-state index in [4.69, 9.17) is 9.15 Å². The second-order valence-corrected chi connectivity index (χ2v) is 7.09. The van der Waals surface area contributed by atoms with Crippen LogP contribution in [0, 0.1) is 0 Å². The van der Waals surface area contributed by atoms with Gasteiger partial charge in [0.05, 0.1) is 6.26 Å². The number of anilines is 1. The number of hydrogen-bond donors (Lipinski definition) is 3. The molecule has 0 aliphatic rings. The van der Waals surface area contributed by atoms with Crippen molar-refractivity contribution >= 4 is 23.6 Å². The molecule has 0 saturated carbocycles. The van der Waals surface area contributed by atoms with Gasteiger partial charge in [-0.05, 0) is 50.6 Å². The number of rotatable bonds is 7. The molecule has 28 heavy (non-hydrogen) atoms. The number of hydrogen-bond acceptors (Lipinski definition) is 5. The molecule has 8 nitrogen and oxygen atoms in total. The maximum atomic E-state index is 12.0. The van der Waals surface area contributed by atoms with Crippen molar-refractivity contribution in [2.24, 2.45) is 0 Å². The zero-order chi connectivity index (χ0) is 20.6. The number of carbonyl (C=O) groups is 3. The maximum absolute atomic E-state index is 12.0. The molecule has 0 bridgehead atoms. The minimum absolute atomic E-state index is 0.110. The first-order valence-electron chi connectivity index (χ1n) is 8.90. The Labute approximate surface area is 163 Å². The highest BCUT2D eigenvalue weighted by Gasteiger charge is 2.16. The van der Waals surface area contributed by atoms with Gasteiger partial charge in [-0.25, -0.2) is 4.79 Å². The van der Waals surface area contributed by atoms with E-state index in [0.717, 1.165) is 5.56 Å². The van der Waals surface area contributed by atoms with Gasteiger partial charge < -0.3 is 25.1 Å². The molecular formula is C20H25N3O5. The summed E-state index contributed by atoms with van der Waals surface area (Å²) in [7, 11) is 0. The van der Waals surface area contributed by atoms with Crippen LogP contribution in [0.3, 0.4) is 0 Å². The van der Waals surface area contributed by atoms with Crippen LogP contribution in [-0.4, -0.2) is 30.1 Å². The lowest BCUT2D eigenvalue weighted by molar-refractivity contribution is -0.116. The average Bonchev–Trinajstić information content (AvgIpc) is 3.13. The summed E-state index contributed by atoms with van der Waals surface area (Å²) >= 11 is 0. The van der Waals surface area contributed by atoms with Crippen molar-refractivity contribution in [2.45, 2.75) is 39.3 Å². The Morgan fingerprint density at radius 1 is 1.07 bits per heavy atom. The Kier molecular flexibility index (Phi) is 7.20. The SMILES string of the molecule is CC(C)(C)OC(=O)NCCC(=O)Nc1cccc(CNC(=O)c2ccco2)c1. The topological polar surface area (TPSA) is 110 Å². The van der Waals surface area contributed by atoms with Crippen LogP contribution in [0.4, 0.5) is 10.5 Å². The summed E-state index contributed by atoms with van der Waals surface area (Å²) in [5.41, 5.74) is 0.843. The summed E-state index contributed by atoms with van der Waals surface area (Å²) in [6, 6.07) is 10.4. The fourth-order valence-electron chi connectivity index (χ4n) is 2.25. The van der Waals surface area contributed by atoms with E-state index in [1.165, 1.54) is 6.26 Å². The van der Waals surface area contributed by atoms with E-state index >= 15 is 0 Å². The molecule has 0 spiro atoms. The average molecular weight is 387 g/mol. The van der Waals surface area contributed by atoms with Gasteiger partial charge in [0.1, 0.15) is 5.60 Å². The standard InChI is InChI=1S/C20H25N3O5/c1-20(2,3)28-19(26)21-10-9-17(24)23-15-7-4-6-14(12-15)13-22-18(25)16-8-5-11-27-16/h4-8,11-12H,9-10,13H2,1-3H3,(H,21,26)(H,22,25)(H,23,24). The lowest BCUT2D eigenvalue weighted by Crippen LogP contribution is -2.34. The molecule has 0 atom stereocenters. The predicted octanol–water partition coefficient (Wildman–Crippen LogP) is 3.06. The number of carbonyl (C=O) groups excluding carboxylic acids is 3. The van der Waals surface area contributed by atoms with Crippen molar-refractivity contribution in [1.29, 1.82) is 0 Å². The molecule has 0 aliphatic heterocycles. The molecule has 8 heteroatoms. The summed E-state index contributed by atoms with van der Waals surface area (Å²) in [4.78, 5) is 35.5. The van der Waals surface area contributed by atoms with Gasteiger partial charge in [0.25, 0.3) is 5.91 Å². The first-order valence-corrected chi connectivity index (χ1v) is 8.90. The molecule has 150 valence electrons. The third-order valence-electron chi connectivity index (χ3n) is 3.43. The van der Waals surface area contributed by atoms with Crippen molar-refractivity contribution in [3.63, 3.8) is 0 Å². The zero-order valence-electron chi connectivity index (χ0n) is 16.2. The van der Waals surface area contributed by atoms with Crippen LogP contribution >= 0.6 is 0 Å². The molecular weight excluding hydrogens is 362 g/mol. The second-order valence-electron chi connectivity index (χ2n) is 7.09. The van der Waals surface area contributed by atoms with E-state index in [2.05, 4.69) is 16.0 Å². The summed E-state index contributed by atoms with van der Waals surface area (Å²) in [5, 5.41) is 8.03. The Morgan fingerprint density at radius 2 is 1.86 bits per heavy atom. The minimum atomic E-state index is -0.584. The van der Waals surface area contributed by atoms with Crippen molar-refractivity contribution < 1.29 is 23.5 Å². The molecule has 0 unspecified atom stereocenters. The van der Waals surface area contributed by atoms with E-state index in [1.807, 2.05) is 6.07 Å². The third-order valence-corrected chi connectivity index (χ3v) is 3.43. The van der Waals surface area contributed by atoms with Gasteiger partial charge >= 0.3 is 6.09 Å². The quantitative estimate of drug-likeness (QED) is 0.676. The van der Waals surface area contributed by atoms with Gasteiger partial charge in [0, 0.05) is 25.2 Å². The lowest BCUT2D eigenvalue weighted by atomic mass is 10.2. The summed E-state index contributed by atoms with van der Waals surface area (Å²) in [5.74, 6) is -0.317. The van der Waals surface area contributed by atoms with Crippen molar-refractivity contribution in [1.82, 2.24) is 10.6 Å². The summed E-state index contributed by atoms with van der Waals surface area (Å²) in [6.07, 6.45) is 0.983. The molecule has 3 amide bonds. The Bertz CT molecular complexity index is 809. The van der Waals surface area contributed by atoms with Crippen molar-refractivity contribution in [3.8, 4) is 0 Å². The molecule has 0 saturated heterocycles. The molecule has 2 aromatic rings. The number of furan rings is 1. The molecule has 1 aromatic carbocycles. The van der Waals surface area contributed by atoms with E-state index < -0.39 is 11.7 Å². The first kappa shape index (κ1) is 21.0. The largest absolute Gasteiger partial charge is 0.459 e. The van der Waals surface area contributed by atoms with Crippen molar-refractivity contribution in [3.05, 3.63) is 54.0 Å². The van der Waals surface area contributed by atoms with Crippen LogP contribution in [-0.2, 0) is 16.1 Å². The summed E-state index contributed by atoms with van der Waals surface area (Å²) in [6.45, 7) is 5.76. The van der Waals surface area contributed by atoms with Gasteiger partial charge in [-0.15, -0.1) is 0 Å². The highest BCUT2D eigenvalue weighted by atomic mass is 16.6. The Balaban J connectivity index is 1.76. The van der Waals surface area contributed by atoms with Crippen LogP contribution in [0.5, 0.6) is 0 Å². The van der Waals surface area contributed by atoms with Gasteiger partial charge in [-0.3, -0.25) is 9.59 Å². The van der Waals surface area contributed by atoms with Crippen LogP contribution in [0.15, 0.2) is 47.1 Å². The minimum Gasteiger partial charge on any atom is -0.459 e. The molecule has 1 heterocycles. The molecule has 1 aromatic heterocycles. The van der Waals surface area contributed by atoms with Crippen LogP contribution < -0.4 is 16.0 Å². The van der Waals surface area contributed by atoms with Gasteiger partial charge in [-0.1, -0.05) is 12.1 Å². The lowest BCUT2D eigenvalue weighted by Gasteiger charge is -2.19. The number of ether oxygens (including phenoxy) is 1. The monoisotopic (exact) mass is 387 g/mol. The van der Waals surface area contributed by atoms with Crippen molar-refractivity contribution in [2.75, 3.05) is 11.9 Å². The number of benzene rings is 1. The van der Waals surface area contributed by atoms with E-state index in [0.29, 0.717) is 12.2 Å². The molecule has 0 radical (unpaired) electrons. The molecule has 3 N–H and O–H groups in total. The fraction of sp³-hybridized carbons (Fsp3) is 0.350. The second kappa shape index (κ2) is 9.59. The predicted molar refractivity (Wildman–Crippen MR) is 104 cm³/mol. The van der Waals surface area contributed by atoms with Crippen LogP contribution in [0.1, 0.15) is 43.3 Å². The smallest absolute Gasteiger partial charge is 0.407 e. The fourth-order valence-corrected chi connectivity index (χ4v) is 2.25. The maximum Gasteiger partial charge on any atom is 0.407 e. The zero-order valence-corrected chi connectivity index (χ0v) is 16.2. The van der Waals surface area contributed by atoms with Gasteiger partial charge in [0.15, 0.2) is 5.76 Å². The summed E-state index contributed by atoms with van der Waals surface area (Å²) < 4.78 is 10.1. The van der Waals surface area contributed by atoms with E-state index in [9.17, 15) is 14.4 Å². The van der Waals surface area contributed by atoms with Gasteiger partial charge in [0.2, 0.25) is 5.91 Å². The normalized spacial score (nSPS) is 10.8. The van der Waals surface area contributed by atoms with E-state index in [-0.39, 0.29) is 30.5 Å². The van der Waals surface area contributed by atoms with Gasteiger partial charge in [-0.2, -0.15) is 0 Å². The Hall–Kier alpha value is -3.29. The molecule has 0 fully saturated rings. The number of nitrogens with one attached hydrogen (secondary N) is 3. The molecule has 0 aliphatic carbocycles. The number of alkyl carbamates (subject to hydrolysis) is 1. The Morgan fingerprint density at radius 3 is 2.54 bits per heavy atom. The molecule has 2 rings (SSSR count). The van der Waals surface area contributed by atoms with Crippen LogP contribution in [0.25, 0.3) is 0 Å². The van der Waals surface area contributed by atoms with Crippen LogP contribution in [0.2, 0.25) is 0 Å². The first-order chi connectivity index (χ1) is 13.2. The highest BCUT2D eigenvalue weighted by molar-refractivity contribution is 5.92.